The Morgan fingerprint density at radius 3 is 0.816 bits per heavy atom. The molecule has 0 aromatic carbocycles. The molecule has 0 rings (SSSR count). The molecule has 76 heavy (non-hydrogen) atoms. The van der Waals surface area contributed by atoms with Crippen LogP contribution in [0.3, 0.4) is 0 Å². The molecule has 0 radical (unpaired) electrons. The second-order valence-corrected chi connectivity index (χ2v) is 19.5. The van der Waals surface area contributed by atoms with Gasteiger partial charge in [-0.05, 0) is 128 Å². The van der Waals surface area contributed by atoms with Crippen LogP contribution in [-0.2, 0) is 28.6 Å². The molecule has 6 heteroatoms. The maximum atomic E-state index is 12.9. The summed E-state index contributed by atoms with van der Waals surface area (Å²) >= 11 is 0. The van der Waals surface area contributed by atoms with E-state index in [2.05, 4.69) is 179 Å². The van der Waals surface area contributed by atoms with Crippen LogP contribution in [0.2, 0.25) is 0 Å². The van der Waals surface area contributed by atoms with Gasteiger partial charge in [0.2, 0.25) is 0 Å². The van der Waals surface area contributed by atoms with E-state index in [1.165, 1.54) is 44.9 Å². The smallest absolute Gasteiger partial charge is 0.306 e. The quantitative estimate of drug-likeness (QED) is 0.0261. The zero-order chi connectivity index (χ0) is 55.0. The van der Waals surface area contributed by atoms with Gasteiger partial charge in [0.05, 0.1) is 0 Å². The molecule has 0 aromatic rings. The Morgan fingerprint density at radius 2 is 0.513 bits per heavy atom. The number of carbonyl (C=O) groups is 3. The Labute approximate surface area is 467 Å². The monoisotopic (exact) mass is 1050 g/mol. The van der Waals surface area contributed by atoms with Crippen LogP contribution in [-0.4, -0.2) is 37.2 Å². The van der Waals surface area contributed by atoms with E-state index in [-0.39, 0.29) is 37.5 Å². The van der Waals surface area contributed by atoms with Crippen LogP contribution in [0.5, 0.6) is 0 Å². The lowest BCUT2D eigenvalue weighted by molar-refractivity contribution is -0.167. The summed E-state index contributed by atoms with van der Waals surface area (Å²) in [6.07, 6.45) is 91.0. The number of carbonyl (C=O) groups excluding carboxylic acids is 3. The van der Waals surface area contributed by atoms with Crippen molar-refractivity contribution in [3.05, 3.63) is 158 Å². The fraction of sp³-hybridized carbons (Fsp3) is 0.586. The third-order valence-corrected chi connectivity index (χ3v) is 12.3. The minimum atomic E-state index is -0.812. The van der Waals surface area contributed by atoms with Gasteiger partial charge in [-0.15, -0.1) is 0 Å². The van der Waals surface area contributed by atoms with Crippen molar-refractivity contribution in [1.29, 1.82) is 0 Å². The third-order valence-electron chi connectivity index (χ3n) is 12.3. The molecule has 0 amide bonds. The number of esters is 3. The summed E-state index contributed by atoms with van der Waals surface area (Å²) in [5, 5.41) is 0. The topological polar surface area (TPSA) is 78.9 Å². The first-order valence-corrected chi connectivity index (χ1v) is 30.5. The molecule has 0 aliphatic heterocycles. The molecule has 0 spiro atoms. The minimum Gasteiger partial charge on any atom is -0.462 e. The summed E-state index contributed by atoms with van der Waals surface area (Å²) in [6.45, 7) is 6.34. The number of rotatable bonds is 53. The van der Waals surface area contributed by atoms with Gasteiger partial charge < -0.3 is 14.2 Å². The Hall–Kier alpha value is -4.97. The second-order valence-electron chi connectivity index (χ2n) is 19.5. The fourth-order valence-electron chi connectivity index (χ4n) is 7.78. The fourth-order valence-corrected chi connectivity index (χ4v) is 7.78. The average molecular weight is 1050 g/mol. The number of hydrogen-bond donors (Lipinski definition) is 0. The summed E-state index contributed by atoms with van der Waals surface area (Å²) in [6, 6.07) is 0. The minimum absolute atomic E-state index is 0.105. The highest BCUT2D eigenvalue weighted by Gasteiger charge is 2.19. The average Bonchev–Trinajstić information content (AvgIpc) is 3.42. The maximum absolute atomic E-state index is 12.9. The lowest BCUT2D eigenvalue weighted by Gasteiger charge is -2.18. The van der Waals surface area contributed by atoms with Gasteiger partial charge in [-0.2, -0.15) is 0 Å². The summed E-state index contributed by atoms with van der Waals surface area (Å²) in [4.78, 5) is 38.2. The lowest BCUT2D eigenvalue weighted by Crippen LogP contribution is -2.30. The predicted octanol–water partition coefficient (Wildman–Crippen LogP) is 20.9. The molecule has 0 fully saturated rings. The van der Waals surface area contributed by atoms with Crippen molar-refractivity contribution in [3.63, 3.8) is 0 Å². The first-order chi connectivity index (χ1) is 37.5. The molecule has 0 aliphatic rings. The highest BCUT2D eigenvalue weighted by Crippen LogP contribution is 2.14. The van der Waals surface area contributed by atoms with Crippen molar-refractivity contribution in [2.24, 2.45) is 0 Å². The zero-order valence-corrected chi connectivity index (χ0v) is 48.7. The molecular formula is C70H110O6. The molecule has 0 aromatic heterocycles. The van der Waals surface area contributed by atoms with Crippen molar-refractivity contribution in [2.45, 2.75) is 252 Å². The van der Waals surface area contributed by atoms with Gasteiger partial charge in [-0.25, -0.2) is 0 Å². The third kappa shape index (κ3) is 59.9. The summed E-state index contributed by atoms with van der Waals surface area (Å²) < 4.78 is 16.8. The van der Waals surface area contributed by atoms with Gasteiger partial charge in [0.15, 0.2) is 6.10 Å². The van der Waals surface area contributed by atoms with E-state index in [1.54, 1.807) is 0 Å². The SMILES string of the molecule is CC/C=C\C/C=C\C/C=C\C/C=C\C/C=C\C/C=C\C/C=C\CCCCCC(=O)OCC(COC(=O)CCCCCCCCCCCC)OC(=O)CCCCCC/C=C\C/C=C\C/C=C\C/C=C\C/C=C\C/C=C\CC. The summed E-state index contributed by atoms with van der Waals surface area (Å²) in [5.41, 5.74) is 0. The standard InChI is InChI=1S/C70H110O6/c1-4-7-10-13-16-19-22-24-26-28-30-32-34-35-37-38-40-42-44-46-48-51-54-57-60-63-69(72)75-66-67(65-74-68(71)62-59-56-53-50-21-18-15-12-9-6-3)76-70(73)64-61-58-55-52-49-47-45-43-41-39-36-33-31-29-27-25-23-20-17-14-11-8-5-2/h7-8,10-11,16-17,19-20,24-27,30-33,35,37,39-42,45-48,67H,4-6,9,12-15,18,21-23,28-29,34,36,38,43-44,49-66H2,1-3H3/b10-7-,11-8-,19-16-,20-17-,26-24-,27-25-,32-30-,33-31-,37-35-,41-39-,42-40-,47-45-,48-46-. The van der Waals surface area contributed by atoms with E-state index in [0.717, 1.165) is 161 Å². The van der Waals surface area contributed by atoms with Crippen LogP contribution in [0.25, 0.3) is 0 Å². The van der Waals surface area contributed by atoms with Gasteiger partial charge in [0.25, 0.3) is 0 Å². The molecule has 0 N–H and O–H groups in total. The van der Waals surface area contributed by atoms with Gasteiger partial charge in [0.1, 0.15) is 13.2 Å². The molecule has 1 atom stereocenters. The predicted molar refractivity (Wildman–Crippen MR) is 329 cm³/mol. The molecule has 0 saturated heterocycles. The van der Waals surface area contributed by atoms with Gasteiger partial charge in [0, 0.05) is 19.3 Å². The molecule has 426 valence electrons. The highest BCUT2D eigenvalue weighted by atomic mass is 16.6. The van der Waals surface area contributed by atoms with Crippen molar-refractivity contribution in [2.75, 3.05) is 13.2 Å². The number of allylic oxidation sites excluding steroid dienone is 26. The van der Waals surface area contributed by atoms with E-state index in [4.69, 9.17) is 14.2 Å². The Kier molecular flexibility index (Phi) is 58.5. The largest absolute Gasteiger partial charge is 0.462 e. The van der Waals surface area contributed by atoms with E-state index in [9.17, 15) is 14.4 Å². The number of ether oxygens (including phenoxy) is 3. The Bertz CT molecular complexity index is 1720. The molecule has 0 aliphatic carbocycles. The van der Waals surface area contributed by atoms with Crippen molar-refractivity contribution in [1.82, 2.24) is 0 Å². The van der Waals surface area contributed by atoms with Gasteiger partial charge in [-0.1, -0.05) is 256 Å². The van der Waals surface area contributed by atoms with Crippen LogP contribution in [0, 0.1) is 0 Å². The van der Waals surface area contributed by atoms with Crippen LogP contribution in [0.4, 0.5) is 0 Å². The Balaban J connectivity index is 4.45. The molecule has 0 saturated carbocycles. The first-order valence-electron chi connectivity index (χ1n) is 30.5. The van der Waals surface area contributed by atoms with E-state index >= 15 is 0 Å². The molecule has 0 bridgehead atoms. The van der Waals surface area contributed by atoms with Gasteiger partial charge in [-0.3, -0.25) is 14.4 Å². The first kappa shape index (κ1) is 71.0. The van der Waals surface area contributed by atoms with E-state index in [1.807, 2.05) is 0 Å². The van der Waals surface area contributed by atoms with Crippen LogP contribution in [0.1, 0.15) is 245 Å². The summed E-state index contributed by atoms with van der Waals surface area (Å²) in [5.74, 6) is -0.972. The number of unbranched alkanes of at least 4 members (excludes halogenated alkanes) is 16. The normalized spacial score (nSPS) is 13.2. The van der Waals surface area contributed by atoms with Crippen molar-refractivity contribution < 1.29 is 28.6 Å². The van der Waals surface area contributed by atoms with E-state index < -0.39 is 6.10 Å². The van der Waals surface area contributed by atoms with Gasteiger partial charge >= 0.3 is 17.9 Å². The molecule has 6 nitrogen and oxygen atoms in total. The van der Waals surface area contributed by atoms with Crippen molar-refractivity contribution >= 4 is 17.9 Å². The number of hydrogen-bond acceptors (Lipinski definition) is 6. The van der Waals surface area contributed by atoms with Crippen LogP contribution < -0.4 is 0 Å². The van der Waals surface area contributed by atoms with Crippen molar-refractivity contribution in [3.8, 4) is 0 Å². The molecule has 1 unspecified atom stereocenters. The molecule has 0 heterocycles. The van der Waals surface area contributed by atoms with E-state index in [0.29, 0.717) is 12.8 Å². The maximum Gasteiger partial charge on any atom is 0.306 e. The lowest BCUT2D eigenvalue weighted by atomic mass is 10.1. The van der Waals surface area contributed by atoms with Crippen LogP contribution in [0.15, 0.2) is 158 Å². The Morgan fingerprint density at radius 1 is 0.276 bits per heavy atom. The highest BCUT2D eigenvalue weighted by molar-refractivity contribution is 5.71. The summed E-state index contributed by atoms with van der Waals surface area (Å²) in [7, 11) is 0. The second kappa shape index (κ2) is 62.6. The zero-order valence-electron chi connectivity index (χ0n) is 48.7. The van der Waals surface area contributed by atoms with Crippen LogP contribution >= 0.6 is 0 Å². The molecular weight excluding hydrogens is 937 g/mol.